The van der Waals surface area contributed by atoms with Crippen molar-refractivity contribution in [1.82, 2.24) is 9.80 Å². The molecule has 0 N–H and O–H groups in total. The summed E-state index contributed by atoms with van der Waals surface area (Å²) in [5.41, 5.74) is 0.809. The maximum atomic E-state index is 13.0. The van der Waals surface area contributed by atoms with Crippen LogP contribution in [0.5, 0.6) is 5.75 Å². The van der Waals surface area contributed by atoms with Gasteiger partial charge in [-0.25, -0.2) is 0 Å². The summed E-state index contributed by atoms with van der Waals surface area (Å²) in [6.45, 7) is 6.23. The molecule has 2 amide bonds. The van der Waals surface area contributed by atoms with E-state index in [0.717, 1.165) is 25.1 Å². The first-order valence-corrected chi connectivity index (χ1v) is 9.54. The standard InChI is InChI=1S/C21H30N2O3/c1-15(2)13-19(24)23-11-9-21(10-12-23)18(14-22(3)20(21)25)16-5-7-17(26-4)8-6-16/h5-8,15,18H,9-14H2,1-4H3. The Balaban J connectivity index is 1.79. The van der Waals surface area contributed by atoms with Gasteiger partial charge in [-0.1, -0.05) is 26.0 Å². The van der Waals surface area contributed by atoms with Crippen molar-refractivity contribution in [3.8, 4) is 5.75 Å². The molecular weight excluding hydrogens is 328 g/mol. The van der Waals surface area contributed by atoms with Gasteiger partial charge in [-0.05, 0) is 36.5 Å². The molecule has 2 aliphatic rings. The quantitative estimate of drug-likeness (QED) is 0.831. The highest BCUT2D eigenvalue weighted by atomic mass is 16.5. The van der Waals surface area contributed by atoms with E-state index in [9.17, 15) is 9.59 Å². The zero-order valence-electron chi connectivity index (χ0n) is 16.3. The van der Waals surface area contributed by atoms with Crippen molar-refractivity contribution in [1.29, 1.82) is 0 Å². The molecule has 0 aliphatic carbocycles. The predicted octanol–water partition coefficient (Wildman–Crippen LogP) is 2.91. The lowest BCUT2D eigenvalue weighted by atomic mass is 9.68. The van der Waals surface area contributed by atoms with E-state index in [2.05, 4.69) is 26.0 Å². The van der Waals surface area contributed by atoms with E-state index in [0.29, 0.717) is 25.4 Å². The van der Waals surface area contributed by atoms with Gasteiger partial charge in [0.1, 0.15) is 5.75 Å². The zero-order chi connectivity index (χ0) is 18.9. The van der Waals surface area contributed by atoms with E-state index in [1.807, 2.05) is 29.0 Å². The van der Waals surface area contributed by atoms with Crippen LogP contribution in [0.1, 0.15) is 44.6 Å². The van der Waals surface area contributed by atoms with Crippen molar-refractivity contribution in [3.63, 3.8) is 0 Å². The summed E-state index contributed by atoms with van der Waals surface area (Å²) in [5, 5.41) is 0. The lowest BCUT2D eigenvalue weighted by molar-refractivity contribution is -0.142. The van der Waals surface area contributed by atoms with Gasteiger partial charge >= 0.3 is 0 Å². The third-order valence-electron chi connectivity index (χ3n) is 6.01. The highest BCUT2D eigenvalue weighted by molar-refractivity contribution is 5.87. The smallest absolute Gasteiger partial charge is 0.229 e. The first-order chi connectivity index (χ1) is 12.4. The van der Waals surface area contributed by atoms with Gasteiger partial charge in [0.25, 0.3) is 0 Å². The van der Waals surface area contributed by atoms with Gasteiger partial charge in [0.05, 0.1) is 12.5 Å². The van der Waals surface area contributed by atoms with E-state index in [4.69, 9.17) is 4.74 Å². The number of amides is 2. The Bertz CT molecular complexity index is 660. The molecule has 0 aromatic heterocycles. The largest absolute Gasteiger partial charge is 0.497 e. The average Bonchev–Trinajstić information content (AvgIpc) is 2.87. The van der Waals surface area contributed by atoms with Crippen LogP contribution in [0.4, 0.5) is 0 Å². The minimum absolute atomic E-state index is 0.174. The summed E-state index contributed by atoms with van der Waals surface area (Å²) in [6, 6.07) is 8.09. The number of piperidine rings is 1. The third-order valence-corrected chi connectivity index (χ3v) is 6.01. The van der Waals surface area contributed by atoms with E-state index in [-0.39, 0.29) is 23.1 Å². The van der Waals surface area contributed by atoms with Gasteiger partial charge in [-0.15, -0.1) is 0 Å². The molecule has 0 radical (unpaired) electrons. The second-order valence-electron chi connectivity index (χ2n) is 8.15. The highest BCUT2D eigenvalue weighted by Gasteiger charge is 2.54. The predicted molar refractivity (Wildman–Crippen MR) is 101 cm³/mol. The Kier molecular flexibility index (Phi) is 5.26. The fourth-order valence-electron chi connectivity index (χ4n) is 4.52. The number of likely N-dealkylation sites (N-methyl/N-ethyl adjacent to an activating group) is 1. The number of hydrogen-bond acceptors (Lipinski definition) is 3. The minimum Gasteiger partial charge on any atom is -0.497 e. The van der Waals surface area contributed by atoms with E-state index >= 15 is 0 Å². The number of ether oxygens (including phenoxy) is 1. The summed E-state index contributed by atoms with van der Waals surface area (Å²) >= 11 is 0. The molecule has 1 aromatic carbocycles. The monoisotopic (exact) mass is 358 g/mol. The molecule has 2 aliphatic heterocycles. The Morgan fingerprint density at radius 3 is 2.38 bits per heavy atom. The molecule has 3 rings (SSSR count). The second kappa shape index (κ2) is 7.29. The molecule has 2 fully saturated rings. The molecule has 2 heterocycles. The van der Waals surface area contributed by atoms with Crippen LogP contribution in [-0.4, -0.2) is 55.4 Å². The Morgan fingerprint density at radius 1 is 1.23 bits per heavy atom. The van der Waals surface area contributed by atoms with Crippen LogP contribution < -0.4 is 4.74 Å². The molecule has 1 atom stereocenters. The summed E-state index contributed by atoms with van der Waals surface area (Å²) in [6.07, 6.45) is 2.08. The fraction of sp³-hybridized carbons (Fsp3) is 0.619. The number of benzene rings is 1. The van der Waals surface area contributed by atoms with Crippen molar-refractivity contribution in [2.24, 2.45) is 11.3 Å². The molecule has 1 unspecified atom stereocenters. The number of methoxy groups -OCH3 is 1. The molecule has 2 saturated heterocycles. The summed E-state index contributed by atoms with van der Waals surface area (Å²) in [7, 11) is 3.55. The van der Waals surface area contributed by atoms with Crippen LogP contribution in [0.2, 0.25) is 0 Å². The Labute approximate surface area is 156 Å². The second-order valence-corrected chi connectivity index (χ2v) is 8.15. The topological polar surface area (TPSA) is 49.9 Å². The van der Waals surface area contributed by atoms with Gasteiger partial charge in [0.15, 0.2) is 0 Å². The van der Waals surface area contributed by atoms with Crippen molar-refractivity contribution >= 4 is 11.8 Å². The van der Waals surface area contributed by atoms with Crippen LogP contribution in [-0.2, 0) is 9.59 Å². The van der Waals surface area contributed by atoms with Crippen molar-refractivity contribution in [2.75, 3.05) is 33.8 Å². The molecule has 5 heteroatoms. The normalized spacial score (nSPS) is 22.3. The number of carbonyl (C=O) groups excluding carboxylic acids is 2. The SMILES string of the molecule is COc1ccc(C2CN(C)C(=O)C23CCN(C(=O)CC(C)C)CC3)cc1. The highest BCUT2D eigenvalue weighted by Crippen LogP contribution is 2.50. The van der Waals surface area contributed by atoms with Gasteiger partial charge in [-0.3, -0.25) is 9.59 Å². The molecule has 5 nitrogen and oxygen atoms in total. The number of hydrogen-bond donors (Lipinski definition) is 0. The molecule has 1 spiro atoms. The average molecular weight is 358 g/mol. The minimum atomic E-state index is -0.377. The van der Waals surface area contributed by atoms with Gasteiger partial charge in [0, 0.05) is 39.0 Å². The van der Waals surface area contributed by atoms with Crippen LogP contribution >= 0.6 is 0 Å². The Hall–Kier alpha value is -2.04. The molecule has 1 aromatic rings. The molecular formula is C21H30N2O3. The van der Waals surface area contributed by atoms with Gasteiger partial charge < -0.3 is 14.5 Å². The van der Waals surface area contributed by atoms with Crippen molar-refractivity contribution in [3.05, 3.63) is 29.8 Å². The maximum Gasteiger partial charge on any atom is 0.229 e. The lowest BCUT2D eigenvalue weighted by Gasteiger charge is -2.41. The van der Waals surface area contributed by atoms with Crippen LogP contribution in [0.15, 0.2) is 24.3 Å². The summed E-state index contributed by atoms with van der Waals surface area (Å²) in [4.78, 5) is 29.2. The molecule has 0 bridgehead atoms. The maximum absolute atomic E-state index is 13.0. The fourth-order valence-corrected chi connectivity index (χ4v) is 4.52. The number of nitrogens with zero attached hydrogens (tertiary/aromatic N) is 2. The lowest BCUT2D eigenvalue weighted by Crippen LogP contribution is -2.48. The van der Waals surface area contributed by atoms with E-state index in [1.54, 1.807) is 7.11 Å². The number of rotatable bonds is 4. The molecule has 142 valence electrons. The van der Waals surface area contributed by atoms with Gasteiger partial charge in [-0.2, -0.15) is 0 Å². The van der Waals surface area contributed by atoms with Gasteiger partial charge in [0.2, 0.25) is 11.8 Å². The van der Waals surface area contributed by atoms with Crippen LogP contribution in [0, 0.1) is 11.3 Å². The molecule has 0 saturated carbocycles. The summed E-state index contributed by atoms with van der Waals surface area (Å²) in [5.74, 6) is 1.82. The van der Waals surface area contributed by atoms with Crippen molar-refractivity contribution in [2.45, 2.75) is 39.0 Å². The van der Waals surface area contributed by atoms with Crippen LogP contribution in [0.25, 0.3) is 0 Å². The first-order valence-electron chi connectivity index (χ1n) is 9.54. The third kappa shape index (κ3) is 3.31. The first kappa shape index (κ1) is 18.7. The number of carbonyl (C=O) groups is 2. The van der Waals surface area contributed by atoms with Crippen molar-refractivity contribution < 1.29 is 14.3 Å². The zero-order valence-corrected chi connectivity index (χ0v) is 16.3. The van der Waals surface area contributed by atoms with E-state index in [1.165, 1.54) is 5.56 Å². The number of likely N-dealkylation sites (tertiary alicyclic amines) is 2. The summed E-state index contributed by atoms with van der Waals surface area (Å²) < 4.78 is 5.26. The van der Waals surface area contributed by atoms with Crippen LogP contribution in [0.3, 0.4) is 0 Å². The Morgan fingerprint density at radius 2 is 1.85 bits per heavy atom. The van der Waals surface area contributed by atoms with E-state index < -0.39 is 0 Å². The molecule has 26 heavy (non-hydrogen) atoms.